The van der Waals surface area contributed by atoms with Gasteiger partial charge in [-0.1, -0.05) is 24.6 Å². The van der Waals surface area contributed by atoms with Crippen molar-refractivity contribution in [3.05, 3.63) is 28.8 Å². The van der Waals surface area contributed by atoms with E-state index in [2.05, 4.69) is 6.92 Å². The molecule has 1 heterocycles. The summed E-state index contributed by atoms with van der Waals surface area (Å²) in [6.07, 6.45) is 2.90. The van der Waals surface area contributed by atoms with Crippen LogP contribution in [0.2, 0.25) is 5.02 Å². The zero-order valence-electron chi connectivity index (χ0n) is 11.7. The second-order valence-corrected chi connectivity index (χ2v) is 7.74. The number of hydrogen-bond acceptors (Lipinski definition) is 3. The van der Waals surface area contributed by atoms with E-state index in [1.807, 2.05) is 0 Å². The summed E-state index contributed by atoms with van der Waals surface area (Å²) in [5, 5.41) is 0.414. The van der Waals surface area contributed by atoms with Crippen LogP contribution in [0.25, 0.3) is 0 Å². The normalized spacial score (nSPS) is 21.6. The highest BCUT2D eigenvalue weighted by molar-refractivity contribution is 7.89. The molecule has 112 valence electrons. The fraction of sp³-hybridized carbons (Fsp3) is 0.571. The second kappa shape index (κ2) is 6.43. The van der Waals surface area contributed by atoms with Crippen LogP contribution in [0.3, 0.4) is 0 Å². The molecule has 0 aliphatic carbocycles. The van der Waals surface area contributed by atoms with E-state index in [0.717, 1.165) is 24.8 Å². The molecule has 2 rings (SSSR count). The Labute approximate surface area is 126 Å². The van der Waals surface area contributed by atoms with E-state index in [1.54, 1.807) is 16.4 Å². The molecule has 1 atom stereocenters. The Bertz CT molecular complexity index is 575. The molecule has 1 aliphatic heterocycles. The van der Waals surface area contributed by atoms with Crippen LogP contribution in [-0.4, -0.2) is 25.8 Å². The SMILES string of the molecule is CC1CCCN(S(=O)(=O)c2ccc(CN)c(Cl)c2)CC1. The van der Waals surface area contributed by atoms with E-state index in [9.17, 15) is 8.42 Å². The van der Waals surface area contributed by atoms with Gasteiger partial charge in [-0.15, -0.1) is 0 Å². The maximum atomic E-state index is 12.6. The van der Waals surface area contributed by atoms with E-state index in [1.165, 1.54) is 6.07 Å². The van der Waals surface area contributed by atoms with E-state index < -0.39 is 10.0 Å². The quantitative estimate of drug-likeness (QED) is 0.932. The van der Waals surface area contributed by atoms with E-state index in [4.69, 9.17) is 17.3 Å². The summed E-state index contributed by atoms with van der Waals surface area (Å²) in [4.78, 5) is 0.259. The molecule has 0 saturated carbocycles. The molecule has 0 radical (unpaired) electrons. The Morgan fingerprint density at radius 1 is 1.35 bits per heavy atom. The van der Waals surface area contributed by atoms with Crippen molar-refractivity contribution >= 4 is 21.6 Å². The standard InChI is InChI=1S/C14H21ClN2O2S/c1-11-3-2-7-17(8-6-11)20(18,19)13-5-4-12(10-16)14(15)9-13/h4-5,9,11H,2-3,6-8,10,16H2,1H3. The van der Waals surface area contributed by atoms with Crippen molar-refractivity contribution < 1.29 is 8.42 Å². The van der Waals surface area contributed by atoms with Gasteiger partial charge in [0.15, 0.2) is 0 Å². The van der Waals surface area contributed by atoms with Gasteiger partial charge in [-0.05, 0) is 42.9 Å². The van der Waals surface area contributed by atoms with Crippen molar-refractivity contribution in [1.82, 2.24) is 4.31 Å². The highest BCUT2D eigenvalue weighted by atomic mass is 35.5. The second-order valence-electron chi connectivity index (χ2n) is 5.40. The minimum atomic E-state index is -3.45. The highest BCUT2D eigenvalue weighted by Crippen LogP contribution is 2.26. The number of rotatable bonds is 3. The van der Waals surface area contributed by atoms with Crippen LogP contribution in [0, 0.1) is 5.92 Å². The Kier molecular flexibility index (Phi) is 5.07. The van der Waals surface area contributed by atoms with Crippen LogP contribution in [0.5, 0.6) is 0 Å². The summed E-state index contributed by atoms with van der Waals surface area (Å²) in [6, 6.07) is 4.79. The number of nitrogens with zero attached hydrogens (tertiary/aromatic N) is 1. The summed E-state index contributed by atoms with van der Waals surface area (Å²) in [5.41, 5.74) is 6.30. The largest absolute Gasteiger partial charge is 0.326 e. The van der Waals surface area contributed by atoms with Gasteiger partial charge in [0.05, 0.1) is 4.90 Å². The summed E-state index contributed by atoms with van der Waals surface area (Å²) < 4.78 is 26.8. The van der Waals surface area contributed by atoms with Gasteiger partial charge in [-0.25, -0.2) is 8.42 Å². The Balaban J connectivity index is 2.27. The molecule has 0 bridgehead atoms. The average molecular weight is 317 g/mol. The first kappa shape index (κ1) is 15.8. The zero-order chi connectivity index (χ0) is 14.8. The predicted molar refractivity (Wildman–Crippen MR) is 81.1 cm³/mol. The maximum absolute atomic E-state index is 12.6. The summed E-state index contributed by atoms with van der Waals surface area (Å²) >= 11 is 6.07. The molecule has 1 fully saturated rings. The van der Waals surface area contributed by atoms with Crippen molar-refractivity contribution in [1.29, 1.82) is 0 Å². The van der Waals surface area contributed by atoms with Crippen molar-refractivity contribution in [2.45, 2.75) is 37.6 Å². The number of hydrogen-bond donors (Lipinski definition) is 1. The van der Waals surface area contributed by atoms with E-state index >= 15 is 0 Å². The molecule has 6 heteroatoms. The van der Waals surface area contributed by atoms with Crippen LogP contribution in [0.1, 0.15) is 31.7 Å². The lowest BCUT2D eigenvalue weighted by molar-refractivity contribution is 0.417. The van der Waals surface area contributed by atoms with Gasteiger partial charge in [0.1, 0.15) is 0 Å². The van der Waals surface area contributed by atoms with Gasteiger partial charge in [0.2, 0.25) is 10.0 Å². The van der Waals surface area contributed by atoms with Gasteiger partial charge < -0.3 is 5.73 Å². The predicted octanol–water partition coefficient (Wildman–Crippen LogP) is 2.61. The van der Waals surface area contributed by atoms with Crippen molar-refractivity contribution in [3.8, 4) is 0 Å². The molecule has 2 N–H and O–H groups in total. The molecular formula is C14H21ClN2O2S. The lowest BCUT2D eigenvalue weighted by Crippen LogP contribution is -2.32. The van der Waals surface area contributed by atoms with E-state index in [0.29, 0.717) is 30.6 Å². The van der Waals surface area contributed by atoms with Crippen LogP contribution in [-0.2, 0) is 16.6 Å². The molecule has 1 aromatic rings. The molecule has 0 spiro atoms. The van der Waals surface area contributed by atoms with Crippen molar-refractivity contribution in [2.24, 2.45) is 11.7 Å². The van der Waals surface area contributed by atoms with Crippen LogP contribution in [0.15, 0.2) is 23.1 Å². The number of nitrogens with two attached hydrogens (primary N) is 1. The number of benzene rings is 1. The molecule has 1 aromatic carbocycles. The zero-order valence-corrected chi connectivity index (χ0v) is 13.3. The summed E-state index contributed by atoms with van der Waals surface area (Å²) in [6.45, 7) is 3.64. The first-order chi connectivity index (χ1) is 9.45. The van der Waals surface area contributed by atoms with Crippen LogP contribution >= 0.6 is 11.6 Å². The summed E-state index contributed by atoms with van der Waals surface area (Å²) in [5.74, 6) is 0.582. The third kappa shape index (κ3) is 3.34. The Hall–Kier alpha value is -0.620. The van der Waals surface area contributed by atoms with Gasteiger partial charge in [0.25, 0.3) is 0 Å². The fourth-order valence-electron chi connectivity index (χ4n) is 2.48. The fourth-order valence-corrected chi connectivity index (χ4v) is 4.32. The molecule has 0 aromatic heterocycles. The van der Waals surface area contributed by atoms with E-state index in [-0.39, 0.29) is 4.90 Å². The first-order valence-electron chi connectivity index (χ1n) is 6.94. The van der Waals surface area contributed by atoms with Crippen molar-refractivity contribution in [3.63, 3.8) is 0 Å². The third-order valence-corrected chi connectivity index (χ3v) is 6.10. The molecule has 20 heavy (non-hydrogen) atoms. The number of halogens is 1. The topological polar surface area (TPSA) is 63.4 Å². The summed E-state index contributed by atoms with van der Waals surface area (Å²) in [7, 11) is -3.45. The minimum Gasteiger partial charge on any atom is -0.326 e. The molecule has 1 saturated heterocycles. The average Bonchev–Trinajstić information content (AvgIpc) is 2.63. The third-order valence-electron chi connectivity index (χ3n) is 3.86. The first-order valence-corrected chi connectivity index (χ1v) is 8.75. The molecule has 0 amide bonds. The highest BCUT2D eigenvalue weighted by Gasteiger charge is 2.26. The van der Waals surface area contributed by atoms with Gasteiger partial charge in [-0.3, -0.25) is 0 Å². The van der Waals surface area contributed by atoms with Gasteiger partial charge in [-0.2, -0.15) is 4.31 Å². The monoisotopic (exact) mass is 316 g/mol. The molecule has 1 aliphatic rings. The molecular weight excluding hydrogens is 296 g/mol. The van der Waals surface area contributed by atoms with Crippen LogP contribution in [0.4, 0.5) is 0 Å². The Morgan fingerprint density at radius 2 is 2.10 bits per heavy atom. The van der Waals surface area contributed by atoms with Gasteiger partial charge in [0, 0.05) is 24.7 Å². The van der Waals surface area contributed by atoms with Gasteiger partial charge >= 0.3 is 0 Å². The number of sulfonamides is 1. The van der Waals surface area contributed by atoms with Crippen LogP contribution < -0.4 is 5.73 Å². The van der Waals surface area contributed by atoms with Crippen molar-refractivity contribution in [2.75, 3.05) is 13.1 Å². The lowest BCUT2D eigenvalue weighted by atomic mass is 10.0. The minimum absolute atomic E-state index is 0.259. The molecule has 1 unspecified atom stereocenters. The maximum Gasteiger partial charge on any atom is 0.243 e. The lowest BCUT2D eigenvalue weighted by Gasteiger charge is -2.20. The Morgan fingerprint density at radius 3 is 2.75 bits per heavy atom. The molecule has 4 nitrogen and oxygen atoms in total. The smallest absolute Gasteiger partial charge is 0.243 e.